The van der Waals surface area contributed by atoms with Gasteiger partial charge in [-0.3, -0.25) is 20.2 Å². The number of aliphatic imine (C=N–C) groups is 1. The van der Waals surface area contributed by atoms with Gasteiger partial charge in [0.05, 0.1) is 56.2 Å². The van der Waals surface area contributed by atoms with Crippen molar-refractivity contribution < 1.29 is 71.8 Å². The van der Waals surface area contributed by atoms with E-state index in [1.807, 2.05) is 27.7 Å². The molecule has 0 spiro atoms. The molecule has 0 amide bonds. The normalized spacial score (nSPS) is 17.8. The predicted molar refractivity (Wildman–Crippen MR) is 172 cm³/mol. The first-order chi connectivity index (χ1) is 23.4. The smallest absolute Gasteiger partial charge is 0.313 e. The molecule has 0 saturated carbocycles. The number of aliphatic hydroxyl groups is 4. The highest BCUT2D eigenvalue weighted by atomic mass is 19.2. The number of carbonyl (C=O) groups excluding carboxylic acids is 1. The third-order valence-electron chi connectivity index (χ3n) is 6.24. The van der Waals surface area contributed by atoms with E-state index >= 15 is 0 Å². The van der Waals surface area contributed by atoms with Crippen molar-refractivity contribution in [1.82, 2.24) is 5.23 Å². The molecule has 2 rings (SSSR count). The van der Waals surface area contributed by atoms with E-state index in [0.29, 0.717) is 37.4 Å². The Kier molecular flexibility index (Phi) is 26.5. The quantitative estimate of drug-likeness (QED) is 0.0202. The molecule has 8 N–H and O–H groups in total. The summed E-state index contributed by atoms with van der Waals surface area (Å²) in [5.74, 6) is -8.44. The van der Waals surface area contributed by atoms with Gasteiger partial charge in [-0.15, -0.1) is 0 Å². The van der Waals surface area contributed by atoms with Gasteiger partial charge in [0.25, 0.3) is 0 Å². The minimum absolute atomic E-state index is 0.0241. The summed E-state index contributed by atoms with van der Waals surface area (Å²) in [5, 5.41) is 55.9. The SMILES string of the molecule is CC.CC(C)CCOC(C)(C)CN=C/C(CCO)=N\N.O=C(CCO)Oc1c(F)c(F)c(F)c(F)c1F.OC1COC(CCN(O)O)CC1O. The highest BCUT2D eigenvalue weighted by Gasteiger charge is 2.29. The summed E-state index contributed by atoms with van der Waals surface area (Å²) in [5.41, 5.74) is 0.306. The number of rotatable bonds is 15. The monoisotopic (exact) mass is 736 g/mol. The van der Waals surface area contributed by atoms with Crippen molar-refractivity contribution in [2.75, 3.05) is 39.5 Å². The topological polar surface area (TPSA) is 220 Å². The number of nitrogens with two attached hydrogens (primary N) is 1. The fourth-order valence-electron chi connectivity index (χ4n) is 3.50. The van der Waals surface area contributed by atoms with Gasteiger partial charge in [0.2, 0.25) is 34.8 Å². The van der Waals surface area contributed by atoms with Crippen LogP contribution in [0.1, 0.15) is 73.6 Å². The Morgan fingerprint density at radius 1 is 1.00 bits per heavy atom. The lowest BCUT2D eigenvalue weighted by molar-refractivity contribution is -0.309. The second kappa shape index (κ2) is 26.9. The molecule has 50 heavy (non-hydrogen) atoms. The van der Waals surface area contributed by atoms with Crippen LogP contribution in [0, 0.1) is 35.0 Å². The van der Waals surface area contributed by atoms with E-state index in [0.717, 1.165) is 13.0 Å². The molecule has 0 radical (unpaired) electrons. The average Bonchev–Trinajstić information content (AvgIpc) is 3.06. The first kappa shape index (κ1) is 49.2. The molecule has 1 aromatic rings. The molecule has 19 heteroatoms. The van der Waals surface area contributed by atoms with Gasteiger partial charge in [-0.25, -0.2) is 13.2 Å². The summed E-state index contributed by atoms with van der Waals surface area (Å²) in [4.78, 5) is 15.0. The summed E-state index contributed by atoms with van der Waals surface area (Å²) >= 11 is 0. The van der Waals surface area contributed by atoms with Crippen molar-refractivity contribution in [2.24, 2.45) is 21.9 Å². The van der Waals surface area contributed by atoms with Crippen LogP contribution in [0.4, 0.5) is 22.0 Å². The fourth-order valence-corrected chi connectivity index (χ4v) is 3.50. The second-order valence-electron chi connectivity index (χ2n) is 11.4. The molecular formula is C31H53F5N4O10. The Labute approximate surface area is 288 Å². The maximum atomic E-state index is 12.9. The minimum atomic E-state index is -2.35. The van der Waals surface area contributed by atoms with Gasteiger partial charge in [-0.2, -0.15) is 13.9 Å². The van der Waals surface area contributed by atoms with Crippen LogP contribution in [0.25, 0.3) is 0 Å². The standard InChI is InChI=1S/C13H27N3O2.C9H5F5O3.C7H15NO5.C2H6/c1-11(2)6-8-18-13(3,4)10-15-9-12(16-14)5-7-17;10-4-5(11)7(13)9(8(14)6(4)12)17-3(16)1-2-15;9-6-3-5(1-2-8(11)12)13-4-7(6)10;1-2/h9,11,17H,5-8,10,14H2,1-4H3;15H,1-2H2;5-7,9-12H,1-4H2;1-2H3/b15-9?,16-12-;;;. The minimum Gasteiger partial charge on any atom is -0.420 e. The molecule has 1 aliphatic rings. The second-order valence-corrected chi connectivity index (χ2v) is 11.4. The fraction of sp³-hybridized carbons (Fsp3) is 0.710. The summed E-state index contributed by atoms with van der Waals surface area (Å²) in [6.45, 7) is 13.2. The summed E-state index contributed by atoms with van der Waals surface area (Å²) < 4.78 is 78.6. The number of halogens is 5. The number of esters is 1. The Balaban J connectivity index is 0. The van der Waals surface area contributed by atoms with Crippen molar-refractivity contribution in [3.05, 3.63) is 29.1 Å². The van der Waals surface area contributed by atoms with Gasteiger partial charge in [0.1, 0.15) is 6.10 Å². The number of benzene rings is 1. The van der Waals surface area contributed by atoms with Gasteiger partial charge >= 0.3 is 5.97 Å². The first-order valence-corrected chi connectivity index (χ1v) is 15.9. The molecule has 0 aromatic heterocycles. The Morgan fingerprint density at radius 3 is 2.00 bits per heavy atom. The van der Waals surface area contributed by atoms with Gasteiger partial charge in [0, 0.05) is 32.3 Å². The van der Waals surface area contributed by atoms with Gasteiger partial charge in [0.15, 0.2) is 0 Å². The third kappa shape index (κ3) is 20.7. The van der Waals surface area contributed by atoms with Gasteiger partial charge in [-0.05, 0) is 32.6 Å². The summed E-state index contributed by atoms with van der Waals surface area (Å²) in [6, 6.07) is 0. The number of aliphatic hydroxyl groups excluding tert-OH is 4. The molecule has 14 nitrogen and oxygen atoms in total. The van der Waals surface area contributed by atoms with Gasteiger partial charge in [-0.1, -0.05) is 32.9 Å². The van der Waals surface area contributed by atoms with E-state index < -0.39 is 66.0 Å². The van der Waals surface area contributed by atoms with E-state index in [2.05, 4.69) is 28.7 Å². The van der Waals surface area contributed by atoms with Gasteiger partial charge < -0.3 is 40.5 Å². The van der Waals surface area contributed by atoms with Crippen LogP contribution in [0.3, 0.4) is 0 Å². The van der Waals surface area contributed by atoms with Crippen molar-refractivity contribution in [1.29, 1.82) is 0 Å². The molecular weight excluding hydrogens is 683 g/mol. The van der Waals surface area contributed by atoms with E-state index in [1.165, 1.54) is 0 Å². The lowest BCUT2D eigenvalue weighted by Crippen LogP contribution is -2.42. The predicted octanol–water partition coefficient (Wildman–Crippen LogP) is 3.26. The van der Waals surface area contributed by atoms with E-state index in [-0.39, 0.29) is 36.7 Å². The number of carbonyl (C=O) groups is 1. The van der Waals surface area contributed by atoms with Crippen LogP contribution < -0.4 is 10.6 Å². The summed E-state index contributed by atoms with van der Waals surface area (Å²) in [7, 11) is 0. The number of nitrogens with zero attached hydrogens (tertiary/aromatic N) is 3. The van der Waals surface area contributed by atoms with Crippen LogP contribution >= 0.6 is 0 Å². The zero-order chi connectivity index (χ0) is 39.0. The molecule has 1 aromatic carbocycles. The molecule has 3 unspecified atom stereocenters. The molecule has 1 heterocycles. The molecule has 1 fully saturated rings. The zero-order valence-electron chi connectivity index (χ0n) is 29.3. The average molecular weight is 737 g/mol. The van der Waals surface area contributed by atoms with Crippen LogP contribution in [0.5, 0.6) is 5.75 Å². The Bertz CT molecular complexity index is 1130. The van der Waals surface area contributed by atoms with Crippen molar-refractivity contribution >= 4 is 17.9 Å². The highest BCUT2D eigenvalue weighted by Crippen LogP contribution is 2.29. The molecule has 3 atom stereocenters. The van der Waals surface area contributed by atoms with Crippen molar-refractivity contribution in [3.8, 4) is 5.75 Å². The number of hydrogen-bond donors (Lipinski definition) is 7. The van der Waals surface area contributed by atoms with Crippen molar-refractivity contribution in [2.45, 2.75) is 97.6 Å². The largest absolute Gasteiger partial charge is 0.420 e. The number of hydroxylamine groups is 2. The number of ether oxygens (including phenoxy) is 3. The van der Waals surface area contributed by atoms with Crippen molar-refractivity contribution in [3.63, 3.8) is 0 Å². The van der Waals surface area contributed by atoms with Crippen LogP contribution in [-0.4, -0.2) is 117 Å². The molecule has 1 aliphatic heterocycles. The maximum Gasteiger partial charge on any atom is 0.313 e. The molecule has 1 saturated heterocycles. The molecule has 292 valence electrons. The van der Waals surface area contributed by atoms with Crippen LogP contribution in [0.15, 0.2) is 10.1 Å². The van der Waals surface area contributed by atoms with E-state index in [4.69, 9.17) is 41.1 Å². The van der Waals surface area contributed by atoms with E-state index in [1.54, 1.807) is 6.21 Å². The Morgan fingerprint density at radius 2 is 1.54 bits per heavy atom. The summed E-state index contributed by atoms with van der Waals surface area (Å²) in [6.07, 6.45) is 1.36. The lowest BCUT2D eigenvalue weighted by Gasteiger charge is -2.30. The zero-order valence-corrected chi connectivity index (χ0v) is 29.3. The van der Waals surface area contributed by atoms with Crippen LogP contribution in [0.2, 0.25) is 0 Å². The van der Waals surface area contributed by atoms with E-state index in [9.17, 15) is 31.9 Å². The third-order valence-corrected chi connectivity index (χ3v) is 6.24. The molecule has 0 aliphatic carbocycles. The van der Waals surface area contributed by atoms with Crippen LogP contribution in [-0.2, 0) is 14.3 Å². The number of hydrogen-bond acceptors (Lipinski definition) is 14. The first-order valence-electron chi connectivity index (χ1n) is 15.9. The molecule has 0 bridgehead atoms. The number of hydrazone groups is 1. The Hall–Kier alpha value is -2.88. The maximum absolute atomic E-state index is 12.9. The lowest BCUT2D eigenvalue weighted by atomic mass is 10.0. The highest BCUT2D eigenvalue weighted by molar-refractivity contribution is 6.30.